The largest absolute Gasteiger partial charge is 0.283 e. The highest BCUT2D eigenvalue weighted by molar-refractivity contribution is 7.92. The number of nitrogens with one attached hydrogen (secondary N) is 1. The van der Waals surface area contributed by atoms with Crippen molar-refractivity contribution in [3.8, 4) is 0 Å². The first kappa shape index (κ1) is 22.0. The molecule has 0 aromatic heterocycles. The van der Waals surface area contributed by atoms with E-state index >= 15 is 0 Å². The summed E-state index contributed by atoms with van der Waals surface area (Å²) in [4.78, 5) is -0.217. The standard InChI is InChI=1S/C22H20FN3O4S2/c1-31(27,28)25-20-13-6-5-12-19(20)21-15-22(16-8-3-2-4-9-16)26(24-21)32(29,30)18-11-7-10-17(23)14-18/h2-14,22,25H,15H2,1H3/t22-/m1/s1. The molecule has 0 spiro atoms. The van der Waals surface area contributed by atoms with Crippen LogP contribution in [-0.4, -0.2) is 33.2 Å². The Bertz CT molecular complexity index is 1390. The van der Waals surface area contributed by atoms with Gasteiger partial charge in [-0.3, -0.25) is 4.72 Å². The van der Waals surface area contributed by atoms with Gasteiger partial charge in [0.15, 0.2) is 0 Å². The summed E-state index contributed by atoms with van der Waals surface area (Å²) in [6.07, 6.45) is 1.24. The SMILES string of the molecule is CS(=O)(=O)Nc1ccccc1C1=NN(S(=O)(=O)c2cccc(F)c2)[C@@H](c2ccccc2)C1. The molecule has 10 heteroatoms. The maximum absolute atomic E-state index is 13.8. The van der Waals surface area contributed by atoms with Gasteiger partial charge < -0.3 is 0 Å². The van der Waals surface area contributed by atoms with E-state index in [-0.39, 0.29) is 11.3 Å². The summed E-state index contributed by atoms with van der Waals surface area (Å²) in [5, 5.41) is 4.39. The van der Waals surface area contributed by atoms with Gasteiger partial charge in [0.25, 0.3) is 10.0 Å². The van der Waals surface area contributed by atoms with Crippen molar-refractivity contribution in [3.05, 3.63) is 95.8 Å². The molecular formula is C22H20FN3O4S2. The zero-order valence-corrected chi connectivity index (χ0v) is 18.6. The molecule has 0 bridgehead atoms. The molecule has 166 valence electrons. The minimum absolute atomic E-state index is 0.209. The Kier molecular flexibility index (Phi) is 5.74. The van der Waals surface area contributed by atoms with E-state index in [0.29, 0.717) is 22.5 Å². The second-order valence-electron chi connectivity index (χ2n) is 7.33. The number of anilines is 1. The smallest absolute Gasteiger partial charge is 0.279 e. The van der Waals surface area contributed by atoms with Crippen LogP contribution in [0, 0.1) is 5.82 Å². The number of halogens is 1. The number of hydrazone groups is 1. The van der Waals surface area contributed by atoms with Gasteiger partial charge in [0.1, 0.15) is 5.82 Å². The van der Waals surface area contributed by atoms with Gasteiger partial charge >= 0.3 is 0 Å². The average molecular weight is 474 g/mol. The van der Waals surface area contributed by atoms with Crippen molar-refractivity contribution in [2.75, 3.05) is 11.0 Å². The maximum Gasteiger partial charge on any atom is 0.279 e. The second-order valence-corrected chi connectivity index (χ2v) is 10.9. The van der Waals surface area contributed by atoms with E-state index in [1.54, 1.807) is 48.5 Å². The number of nitrogens with zero attached hydrogens (tertiary/aromatic N) is 2. The highest BCUT2D eigenvalue weighted by Gasteiger charge is 2.38. The van der Waals surface area contributed by atoms with Crippen molar-refractivity contribution in [3.63, 3.8) is 0 Å². The summed E-state index contributed by atoms with van der Waals surface area (Å²) in [6.45, 7) is 0. The monoisotopic (exact) mass is 473 g/mol. The molecular weight excluding hydrogens is 453 g/mol. The molecule has 3 aromatic rings. The highest BCUT2D eigenvalue weighted by atomic mass is 32.2. The van der Waals surface area contributed by atoms with E-state index in [1.807, 2.05) is 6.07 Å². The van der Waals surface area contributed by atoms with Crippen molar-refractivity contribution >= 4 is 31.4 Å². The van der Waals surface area contributed by atoms with Gasteiger partial charge in [-0.05, 0) is 29.8 Å². The van der Waals surface area contributed by atoms with Crippen LogP contribution in [-0.2, 0) is 20.0 Å². The lowest BCUT2D eigenvalue weighted by Gasteiger charge is -2.23. The summed E-state index contributed by atoms with van der Waals surface area (Å²) in [5.41, 5.74) is 1.87. The topological polar surface area (TPSA) is 95.9 Å². The molecule has 0 unspecified atom stereocenters. The Morgan fingerprint density at radius 1 is 0.938 bits per heavy atom. The van der Waals surface area contributed by atoms with E-state index in [1.165, 1.54) is 18.2 Å². The fourth-order valence-electron chi connectivity index (χ4n) is 3.56. The third-order valence-corrected chi connectivity index (χ3v) is 7.20. The first-order chi connectivity index (χ1) is 15.1. The normalized spacial score (nSPS) is 16.6. The van der Waals surface area contributed by atoms with Gasteiger partial charge in [0.2, 0.25) is 10.0 Å². The molecule has 0 fully saturated rings. The molecule has 4 rings (SSSR count). The summed E-state index contributed by atoms with van der Waals surface area (Å²) < 4.78 is 67.6. The van der Waals surface area contributed by atoms with Crippen molar-refractivity contribution in [2.24, 2.45) is 5.10 Å². The van der Waals surface area contributed by atoms with E-state index in [4.69, 9.17) is 0 Å². The lowest BCUT2D eigenvalue weighted by atomic mass is 9.98. The Morgan fingerprint density at radius 2 is 1.62 bits per heavy atom. The van der Waals surface area contributed by atoms with Crippen LogP contribution in [0.4, 0.5) is 10.1 Å². The maximum atomic E-state index is 13.8. The Hall–Kier alpha value is -3.24. The number of rotatable bonds is 6. The van der Waals surface area contributed by atoms with Crippen molar-refractivity contribution in [1.82, 2.24) is 4.41 Å². The van der Waals surface area contributed by atoms with E-state index in [2.05, 4.69) is 9.82 Å². The average Bonchev–Trinajstić information content (AvgIpc) is 3.20. The third-order valence-electron chi connectivity index (χ3n) is 4.93. The molecule has 1 aliphatic heterocycles. The molecule has 32 heavy (non-hydrogen) atoms. The van der Waals surface area contributed by atoms with Crippen molar-refractivity contribution in [2.45, 2.75) is 17.4 Å². The Balaban J connectivity index is 1.83. The quantitative estimate of drug-likeness (QED) is 0.590. The fraction of sp³-hybridized carbons (Fsp3) is 0.136. The van der Waals surface area contributed by atoms with Gasteiger partial charge in [-0.2, -0.15) is 17.9 Å². The Morgan fingerprint density at radius 3 is 2.31 bits per heavy atom. The number of benzene rings is 3. The number of para-hydroxylation sites is 1. The first-order valence-electron chi connectivity index (χ1n) is 9.65. The molecule has 1 atom stereocenters. The van der Waals surface area contributed by atoms with Gasteiger partial charge in [-0.15, -0.1) is 0 Å². The van der Waals surface area contributed by atoms with E-state index < -0.39 is 31.9 Å². The van der Waals surface area contributed by atoms with Crippen LogP contribution in [0.25, 0.3) is 0 Å². The molecule has 1 aliphatic rings. The number of hydrogen-bond donors (Lipinski definition) is 1. The molecule has 1 N–H and O–H groups in total. The molecule has 0 saturated heterocycles. The van der Waals surface area contributed by atoms with Crippen LogP contribution in [0.3, 0.4) is 0 Å². The van der Waals surface area contributed by atoms with E-state index in [9.17, 15) is 21.2 Å². The van der Waals surface area contributed by atoms with Crippen molar-refractivity contribution < 1.29 is 21.2 Å². The molecule has 0 aliphatic carbocycles. The van der Waals surface area contributed by atoms with Crippen LogP contribution in [0.15, 0.2) is 88.9 Å². The molecule has 0 saturated carbocycles. The Labute approximate surface area is 186 Å². The van der Waals surface area contributed by atoms with Crippen LogP contribution < -0.4 is 4.72 Å². The minimum Gasteiger partial charge on any atom is -0.283 e. The van der Waals surface area contributed by atoms with Gasteiger partial charge in [-0.1, -0.05) is 54.6 Å². The van der Waals surface area contributed by atoms with Gasteiger partial charge in [-0.25, -0.2) is 12.8 Å². The third kappa shape index (κ3) is 4.51. The van der Waals surface area contributed by atoms with Crippen LogP contribution in [0.1, 0.15) is 23.6 Å². The molecule has 0 amide bonds. The van der Waals surface area contributed by atoms with Crippen LogP contribution in [0.5, 0.6) is 0 Å². The predicted octanol–water partition coefficient (Wildman–Crippen LogP) is 3.74. The first-order valence-corrected chi connectivity index (χ1v) is 13.0. The number of hydrogen-bond acceptors (Lipinski definition) is 5. The summed E-state index contributed by atoms with van der Waals surface area (Å²) in [7, 11) is -7.74. The molecule has 3 aromatic carbocycles. The lowest BCUT2D eigenvalue weighted by Crippen LogP contribution is -2.27. The van der Waals surface area contributed by atoms with Crippen LogP contribution >= 0.6 is 0 Å². The van der Waals surface area contributed by atoms with Gasteiger partial charge in [0.05, 0.1) is 28.6 Å². The molecule has 7 nitrogen and oxygen atoms in total. The fourth-order valence-corrected chi connectivity index (χ4v) is 5.60. The number of sulfonamides is 2. The molecule has 0 radical (unpaired) electrons. The zero-order chi connectivity index (χ0) is 22.9. The lowest BCUT2D eigenvalue weighted by molar-refractivity contribution is 0.371. The molecule has 1 heterocycles. The zero-order valence-electron chi connectivity index (χ0n) is 17.0. The summed E-state index contributed by atoms with van der Waals surface area (Å²) >= 11 is 0. The minimum atomic E-state index is -4.18. The van der Waals surface area contributed by atoms with Gasteiger partial charge in [0, 0.05) is 12.0 Å². The summed E-state index contributed by atoms with van der Waals surface area (Å²) in [5.74, 6) is -0.673. The predicted molar refractivity (Wildman–Crippen MR) is 121 cm³/mol. The van der Waals surface area contributed by atoms with E-state index in [0.717, 1.165) is 16.7 Å². The van der Waals surface area contributed by atoms with Crippen molar-refractivity contribution in [1.29, 1.82) is 0 Å². The van der Waals surface area contributed by atoms with Crippen LogP contribution in [0.2, 0.25) is 0 Å². The summed E-state index contributed by atoms with van der Waals surface area (Å²) in [6, 6.07) is 19.7. The highest BCUT2D eigenvalue weighted by Crippen LogP contribution is 2.38. The second kappa shape index (κ2) is 8.36.